The summed E-state index contributed by atoms with van der Waals surface area (Å²) in [6.07, 6.45) is -4.97. The zero-order chi connectivity index (χ0) is 12.3. The normalized spacial score (nSPS) is 39.6. The Kier molecular flexibility index (Phi) is 4.63. The van der Waals surface area contributed by atoms with Crippen LogP contribution in [0.4, 0.5) is 0 Å². The number of methoxy groups -OCH3 is 3. The second-order valence-corrected chi connectivity index (χ2v) is 3.39. The van der Waals surface area contributed by atoms with Gasteiger partial charge in [-0.05, 0) is 0 Å². The molecule has 0 spiro atoms. The molecule has 2 N–H and O–H groups in total. The topological polar surface area (TPSA) is 94.5 Å². The summed E-state index contributed by atoms with van der Waals surface area (Å²) < 4.78 is 20.0. The number of aliphatic hydroxyl groups excluding tert-OH is 1. The maximum Gasteiger partial charge on any atom is 0.335 e. The number of aliphatic carboxylic acids is 1. The Labute approximate surface area is 92.9 Å². The maximum atomic E-state index is 10.9. The number of ether oxygens (including phenoxy) is 4. The van der Waals surface area contributed by atoms with Crippen LogP contribution in [0.15, 0.2) is 0 Å². The fourth-order valence-electron chi connectivity index (χ4n) is 1.80. The van der Waals surface area contributed by atoms with Crippen molar-refractivity contribution >= 4 is 5.97 Å². The van der Waals surface area contributed by atoms with Crippen LogP contribution in [-0.2, 0) is 23.7 Å². The van der Waals surface area contributed by atoms with Gasteiger partial charge in [-0.1, -0.05) is 0 Å². The monoisotopic (exact) mass is 236 g/mol. The molecular formula is C9H16O7. The molecule has 0 radical (unpaired) electrons. The standard InChI is InChI=1S/C9H16O7/c1-13-4-5(14-2)7(15-3)9(12)16-6(4)8(10)11/h4-7,9,12H,1-3H3,(H,10,11)/t4-,5-,6-,7+,9?/m0/s1. The van der Waals surface area contributed by atoms with E-state index in [1.165, 1.54) is 21.3 Å². The van der Waals surface area contributed by atoms with Gasteiger partial charge in [0.15, 0.2) is 12.4 Å². The van der Waals surface area contributed by atoms with Crippen LogP contribution in [0.2, 0.25) is 0 Å². The molecule has 1 aliphatic heterocycles. The van der Waals surface area contributed by atoms with Crippen LogP contribution < -0.4 is 0 Å². The van der Waals surface area contributed by atoms with Crippen molar-refractivity contribution in [3.8, 4) is 0 Å². The van der Waals surface area contributed by atoms with Gasteiger partial charge < -0.3 is 29.2 Å². The van der Waals surface area contributed by atoms with Crippen molar-refractivity contribution in [2.24, 2.45) is 0 Å². The molecule has 0 saturated carbocycles. The summed E-state index contributed by atoms with van der Waals surface area (Å²) >= 11 is 0. The summed E-state index contributed by atoms with van der Waals surface area (Å²) in [6, 6.07) is 0. The van der Waals surface area contributed by atoms with Crippen LogP contribution in [0.25, 0.3) is 0 Å². The molecule has 0 aromatic rings. The van der Waals surface area contributed by atoms with Crippen molar-refractivity contribution < 1.29 is 34.0 Å². The Morgan fingerprint density at radius 3 is 1.94 bits per heavy atom. The molecule has 0 aliphatic carbocycles. The van der Waals surface area contributed by atoms with Crippen molar-refractivity contribution in [1.82, 2.24) is 0 Å². The average Bonchev–Trinajstić information content (AvgIpc) is 2.27. The first kappa shape index (κ1) is 13.3. The molecule has 1 rings (SSSR count). The molecule has 5 atom stereocenters. The van der Waals surface area contributed by atoms with Gasteiger partial charge in [0, 0.05) is 21.3 Å². The van der Waals surface area contributed by atoms with Crippen LogP contribution in [0.5, 0.6) is 0 Å². The highest BCUT2D eigenvalue weighted by Crippen LogP contribution is 2.25. The first-order chi connectivity index (χ1) is 7.56. The van der Waals surface area contributed by atoms with Crippen LogP contribution >= 0.6 is 0 Å². The fourth-order valence-corrected chi connectivity index (χ4v) is 1.80. The quantitative estimate of drug-likeness (QED) is 0.635. The third kappa shape index (κ3) is 2.33. The molecule has 0 bridgehead atoms. The number of carboxylic acids is 1. The number of carbonyl (C=O) groups is 1. The highest BCUT2D eigenvalue weighted by molar-refractivity contribution is 5.73. The lowest BCUT2D eigenvalue weighted by molar-refractivity contribution is -0.292. The van der Waals surface area contributed by atoms with Crippen molar-refractivity contribution in [2.75, 3.05) is 21.3 Å². The van der Waals surface area contributed by atoms with E-state index in [4.69, 9.17) is 24.1 Å². The van der Waals surface area contributed by atoms with E-state index in [2.05, 4.69) is 0 Å². The summed E-state index contributed by atoms with van der Waals surface area (Å²) in [5.74, 6) is -1.22. The third-order valence-electron chi connectivity index (χ3n) is 2.57. The van der Waals surface area contributed by atoms with Gasteiger partial charge in [-0.25, -0.2) is 4.79 Å². The van der Waals surface area contributed by atoms with E-state index in [1.54, 1.807) is 0 Å². The highest BCUT2D eigenvalue weighted by atomic mass is 16.7. The number of carboxylic acid groups (broad SMARTS) is 1. The number of aliphatic hydroxyl groups is 1. The second-order valence-electron chi connectivity index (χ2n) is 3.39. The molecule has 0 aromatic carbocycles. The molecule has 1 saturated heterocycles. The van der Waals surface area contributed by atoms with Crippen LogP contribution in [-0.4, -0.2) is 68.2 Å². The van der Waals surface area contributed by atoms with Gasteiger partial charge in [-0.3, -0.25) is 0 Å². The summed E-state index contributed by atoms with van der Waals surface area (Å²) in [5, 5.41) is 18.5. The Balaban J connectivity index is 2.91. The Morgan fingerprint density at radius 1 is 1.06 bits per heavy atom. The van der Waals surface area contributed by atoms with Gasteiger partial charge in [0.2, 0.25) is 0 Å². The summed E-state index contributed by atoms with van der Waals surface area (Å²) in [7, 11) is 4.11. The lowest BCUT2D eigenvalue weighted by Crippen LogP contribution is -2.61. The Bertz CT molecular complexity index is 244. The van der Waals surface area contributed by atoms with E-state index in [0.29, 0.717) is 0 Å². The zero-order valence-corrected chi connectivity index (χ0v) is 9.32. The summed E-state index contributed by atoms with van der Waals surface area (Å²) in [5.41, 5.74) is 0. The maximum absolute atomic E-state index is 10.9. The van der Waals surface area contributed by atoms with Crippen molar-refractivity contribution in [1.29, 1.82) is 0 Å². The van der Waals surface area contributed by atoms with Crippen LogP contribution in [0.3, 0.4) is 0 Å². The lowest BCUT2D eigenvalue weighted by Gasteiger charge is -2.41. The van der Waals surface area contributed by atoms with Gasteiger partial charge in [0.25, 0.3) is 0 Å². The van der Waals surface area contributed by atoms with E-state index >= 15 is 0 Å². The second kappa shape index (κ2) is 5.55. The van der Waals surface area contributed by atoms with Crippen molar-refractivity contribution in [3.63, 3.8) is 0 Å². The van der Waals surface area contributed by atoms with E-state index in [0.717, 1.165) is 0 Å². The first-order valence-corrected chi connectivity index (χ1v) is 4.71. The molecule has 1 heterocycles. The predicted molar refractivity (Wildman–Crippen MR) is 50.9 cm³/mol. The minimum atomic E-state index is -1.36. The molecule has 0 amide bonds. The minimum Gasteiger partial charge on any atom is -0.479 e. The SMILES string of the molecule is CO[C@H]1[C@H](OC)[C@@H](OC)C(O)O[C@@H]1C(=O)O. The third-order valence-corrected chi connectivity index (χ3v) is 2.57. The number of rotatable bonds is 4. The van der Waals surface area contributed by atoms with Crippen molar-refractivity contribution in [3.05, 3.63) is 0 Å². The van der Waals surface area contributed by atoms with E-state index < -0.39 is 36.7 Å². The molecular weight excluding hydrogens is 220 g/mol. The zero-order valence-electron chi connectivity index (χ0n) is 9.32. The minimum absolute atomic E-state index is 0.708. The number of hydrogen-bond donors (Lipinski definition) is 2. The Morgan fingerprint density at radius 2 is 1.56 bits per heavy atom. The summed E-state index contributed by atoms with van der Waals surface area (Å²) in [4.78, 5) is 10.9. The van der Waals surface area contributed by atoms with E-state index in [9.17, 15) is 9.90 Å². The lowest BCUT2D eigenvalue weighted by atomic mass is 9.98. The van der Waals surface area contributed by atoms with Gasteiger partial charge in [-0.2, -0.15) is 0 Å². The smallest absolute Gasteiger partial charge is 0.335 e. The molecule has 7 heteroatoms. The summed E-state index contributed by atoms with van der Waals surface area (Å²) in [6.45, 7) is 0. The first-order valence-electron chi connectivity index (χ1n) is 4.71. The van der Waals surface area contributed by atoms with Crippen LogP contribution in [0.1, 0.15) is 0 Å². The molecule has 94 valence electrons. The molecule has 16 heavy (non-hydrogen) atoms. The predicted octanol–water partition coefficient (Wildman–Crippen LogP) is -1.17. The van der Waals surface area contributed by atoms with E-state index in [1.807, 2.05) is 0 Å². The van der Waals surface area contributed by atoms with Crippen molar-refractivity contribution in [2.45, 2.75) is 30.7 Å². The fraction of sp³-hybridized carbons (Fsp3) is 0.889. The van der Waals surface area contributed by atoms with Crippen LogP contribution in [0, 0.1) is 0 Å². The number of hydrogen-bond acceptors (Lipinski definition) is 6. The van der Waals surface area contributed by atoms with Gasteiger partial charge in [0.05, 0.1) is 0 Å². The molecule has 1 fully saturated rings. The molecule has 7 nitrogen and oxygen atoms in total. The van der Waals surface area contributed by atoms with Gasteiger partial charge in [-0.15, -0.1) is 0 Å². The largest absolute Gasteiger partial charge is 0.479 e. The highest BCUT2D eigenvalue weighted by Gasteiger charge is 2.49. The molecule has 0 aromatic heterocycles. The Hall–Kier alpha value is -0.730. The molecule has 1 aliphatic rings. The van der Waals surface area contributed by atoms with Gasteiger partial charge in [0.1, 0.15) is 18.3 Å². The molecule has 1 unspecified atom stereocenters. The van der Waals surface area contributed by atoms with Gasteiger partial charge >= 0.3 is 5.97 Å². The van der Waals surface area contributed by atoms with E-state index in [-0.39, 0.29) is 0 Å². The average molecular weight is 236 g/mol.